The number of anilines is 1. The highest BCUT2D eigenvalue weighted by Gasteiger charge is 2.31. The monoisotopic (exact) mass is 309 g/mol. The molecule has 2 aromatic carbocycles. The van der Waals surface area contributed by atoms with Crippen LogP contribution in [0.3, 0.4) is 0 Å². The summed E-state index contributed by atoms with van der Waals surface area (Å²) < 4.78 is 14.3. The Morgan fingerprint density at radius 2 is 1.91 bits per heavy atom. The molecule has 0 saturated carbocycles. The van der Waals surface area contributed by atoms with Crippen molar-refractivity contribution in [1.82, 2.24) is 4.90 Å². The minimum absolute atomic E-state index is 0.164. The number of nitrogens with zero attached hydrogens (tertiary/aromatic N) is 3. The average Bonchev–Trinajstić information content (AvgIpc) is 2.75. The van der Waals surface area contributed by atoms with E-state index in [0.717, 1.165) is 38.3 Å². The fourth-order valence-corrected chi connectivity index (χ4v) is 3.57. The van der Waals surface area contributed by atoms with Crippen molar-refractivity contribution in [2.24, 2.45) is 4.99 Å². The smallest absolute Gasteiger partial charge is 0.148 e. The summed E-state index contributed by atoms with van der Waals surface area (Å²) in [6, 6.07) is 16.0. The second-order valence-electron chi connectivity index (χ2n) is 6.22. The molecular weight excluding hydrogens is 289 g/mol. The molecule has 0 amide bonds. The van der Waals surface area contributed by atoms with E-state index in [9.17, 15) is 4.39 Å². The van der Waals surface area contributed by atoms with Gasteiger partial charge in [-0.15, -0.1) is 0 Å². The van der Waals surface area contributed by atoms with E-state index in [0.29, 0.717) is 5.69 Å². The van der Waals surface area contributed by atoms with Gasteiger partial charge in [0.05, 0.1) is 11.4 Å². The summed E-state index contributed by atoms with van der Waals surface area (Å²) in [7, 11) is 0. The third-order valence-electron chi connectivity index (χ3n) is 4.68. The molecule has 4 heteroatoms. The zero-order chi connectivity index (χ0) is 15.6. The Morgan fingerprint density at radius 1 is 1.04 bits per heavy atom. The van der Waals surface area contributed by atoms with Gasteiger partial charge in [0.1, 0.15) is 5.82 Å². The van der Waals surface area contributed by atoms with Crippen molar-refractivity contribution in [3.05, 3.63) is 59.9 Å². The van der Waals surface area contributed by atoms with Crippen molar-refractivity contribution in [3.8, 4) is 0 Å². The zero-order valence-corrected chi connectivity index (χ0v) is 13.0. The predicted molar refractivity (Wildman–Crippen MR) is 92.0 cm³/mol. The molecule has 0 radical (unpaired) electrons. The number of fused-ring (bicyclic) bond motifs is 3. The summed E-state index contributed by atoms with van der Waals surface area (Å²) in [5, 5.41) is 0. The number of rotatable bonds is 2. The van der Waals surface area contributed by atoms with Crippen molar-refractivity contribution in [2.75, 3.05) is 24.5 Å². The highest BCUT2D eigenvalue weighted by Crippen LogP contribution is 2.36. The Bertz CT molecular complexity index is 714. The molecule has 2 aromatic rings. The first-order valence-electron chi connectivity index (χ1n) is 8.15. The Hall–Kier alpha value is -2.20. The zero-order valence-electron chi connectivity index (χ0n) is 13.0. The van der Waals surface area contributed by atoms with Crippen LogP contribution in [-0.4, -0.2) is 36.8 Å². The van der Waals surface area contributed by atoms with Crippen LogP contribution in [0.4, 0.5) is 15.8 Å². The van der Waals surface area contributed by atoms with Gasteiger partial charge in [-0.2, -0.15) is 0 Å². The number of hydrogen-bond donors (Lipinski definition) is 0. The molecule has 118 valence electrons. The molecule has 0 spiro atoms. The summed E-state index contributed by atoms with van der Waals surface area (Å²) in [5.74, 6) is -0.164. The van der Waals surface area contributed by atoms with Crippen LogP contribution < -0.4 is 4.90 Å². The Morgan fingerprint density at radius 3 is 2.78 bits per heavy atom. The third kappa shape index (κ3) is 2.86. The molecule has 0 aromatic heterocycles. The van der Waals surface area contributed by atoms with Crippen molar-refractivity contribution in [3.63, 3.8) is 0 Å². The maximum Gasteiger partial charge on any atom is 0.148 e. The molecular formula is C19H20FN3. The number of hydrogen-bond acceptors (Lipinski definition) is 3. The first-order valence-corrected chi connectivity index (χ1v) is 8.15. The van der Waals surface area contributed by atoms with E-state index in [1.165, 1.54) is 11.6 Å². The van der Waals surface area contributed by atoms with Gasteiger partial charge in [-0.3, -0.25) is 9.89 Å². The molecule has 3 nitrogen and oxygen atoms in total. The lowest BCUT2D eigenvalue weighted by Crippen LogP contribution is -2.53. The van der Waals surface area contributed by atoms with Crippen LogP contribution >= 0.6 is 0 Å². The molecule has 23 heavy (non-hydrogen) atoms. The van der Waals surface area contributed by atoms with Crippen molar-refractivity contribution < 1.29 is 4.39 Å². The van der Waals surface area contributed by atoms with E-state index in [-0.39, 0.29) is 11.9 Å². The van der Waals surface area contributed by atoms with Gasteiger partial charge in [-0.25, -0.2) is 4.39 Å². The van der Waals surface area contributed by atoms with E-state index in [1.54, 1.807) is 6.07 Å². The maximum absolute atomic E-state index is 14.3. The molecule has 0 aliphatic carbocycles. The molecule has 1 saturated heterocycles. The largest absolute Gasteiger partial charge is 0.361 e. The maximum atomic E-state index is 14.3. The van der Waals surface area contributed by atoms with E-state index in [2.05, 4.69) is 39.1 Å². The molecule has 4 rings (SSSR count). The van der Waals surface area contributed by atoms with E-state index in [1.807, 2.05) is 18.3 Å². The molecule has 1 unspecified atom stereocenters. The van der Waals surface area contributed by atoms with Crippen LogP contribution in [0.25, 0.3) is 0 Å². The topological polar surface area (TPSA) is 18.8 Å². The fraction of sp³-hybridized carbons (Fsp3) is 0.316. The number of benzene rings is 2. The van der Waals surface area contributed by atoms with Crippen LogP contribution in [-0.2, 0) is 6.54 Å². The molecule has 2 aliphatic heterocycles. The van der Waals surface area contributed by atoms with Gasteiger partial charge >= 0.3 is 0 Å². The average molecular weight is 309 g/mol. The van der Waals surface area contributed by atoms with E-state index >= 15 is 0 Å². The van der Waals surface area contributed by atoms with E-state index < -0.39 is 0 Å². The van der Waals surface area contributed by atoms with Gasteiger partial charge in [0.25, 0.3) is 0 Å². The van der Waals surface area contributed by atoms with Gasteiger partial charge in [-0.1, -0.05) is 36.4 Å². The Kier molecular flexibility index (Phi) is 3.83. The summed E-state index contributed by atoms with van der Waals surface area (Å²) in [5.41, 5.74) is 2.75. The molecule has 0 N–H and O–H groups in total. The van der Waals surface area contributed by atoms with Crippen LogP contribution in [0.15, 0.2) is 53.5 Å². The van der Waals surface area contributed by atoms with Gasteiger partial charge in [-0.05, 0) is 17.7 Å². The lowest BCUT2D eigenvalue weighted by molar-refractivity contribution is 0.217. The van der Waals surface area contributed by atoms with Crippen molar-refractivity contribution in [1.29, 1.82) is 0 Å². The Balaban J connectivity index is 1.55. The third-order valence-corrected chi connectivity index (χ3v) is 4.68. The second-order valence-corrected chi connectivity index (χ2v) is 6.22. The summed E-state index contributed by atoms with van der Waals surface area (Å²) in [6.45, 7) is 3.68. The van der Waals surface area contributed by atoms with Crippen LogP contribution in [0.2, 0.25) is 0 Å². The van der Waals surface area contributed by atoms with Crippen LogP contribution in [0.5, 0.6) is 0 Å². The SMILES string of the molecule is Fc1cccc2c1N1CCN(Cc3ccccc3)CC1CC=N2. The number of aliphatic imine (C=N–C) groups is 1. The summed E-state index contributed by atoms with van der Waals surface area (Å²) in [4.78, 5) is 9.12. The van der Waals surface area contributed by atoms with E-state index in [4.69, 9.17) is 0 Å². The lowest BCUT2D eigenvalue weighted by Gasteiger charge is -2.42. The Labute approximate surface area is 136 Å². The molecule has 2 aliphatic rings. The van der Waals surface area contributed by atoms with Crippen molar-refractivity contribution >= 4 is 17.6 Å². The number of halogens is 1. The minimum Gasteiger partial charge on any atom is -0.361 e. The summed E-state index contributed by atoms with van der Waals surface area (Å²) >= 11 is 0. The second kappa shape index (κ2) is 6.13. The molecule has 1 atom stereocenters. The number of piperazine rings is 1. The summed E-state index contributed by atoms with van der Waals surface area (Å²) in [6.07, 6.45) is 2.80. The van der Waals surface area contributed by atoms with Gasteiger partial charge in [0, 0.05) is 44.9 Å². The highest BCUT2D eigenvalue weighted by atomic mass is 19.1. The first kappa shape index (κ1) is 14.4. The quantitative estimate of drug-likeness (QED) is 0.844. The van der Waals surface area contributed by atoms with Gasteiger partial charge in [0.2, 0.25) is 0 Å². The first-order chi connectivity index (χ1) is 11.3. The van der Waals surface area contributed by atoms with Gasteiger partial charge in [0.15, 0.2) is 0 Å². The highest BCUT2D eigenvalue weighted by molar-refractivity contribution is 5.77. The minimum atomic E-state index is -0.164. The normalized spacial score (nSPS) is 20.7. The predicted octanol–water partition coefficient (Wildman–Crippen LogP) is 3.62. The van der Waals surface area contributed by atoms with Crippen LogP contribution in [0, 0.1) is 5.82 Å². The molecule has 0 bridgehead atoms. The van der Waals surface area contributed by atoms with Crippen LogP contribution in [0.1, 0.15) is 12.0 Å². The standard InChI is InChI=1S/C19H20FN3/c20-17-7-4-8-18-19(17)23-12-11-22(14-16(23)9-10-21-18)13-15-5-2-1-3-6-15/h1-8,10,16H,9,11-14H2. The molecule has 2 heterocycles. The van der Waals surface area contributed by atoms with Gasteiger partial charge < -0.3 is 4.90 Å². The number of para-hydroxylation sites is 1. The van der Waals surface area contributed by atoms with Crippen molar-refractivity contribution in [2.45, 2.75) is 19.0 Å². The molecule has 1 fully saturated rings. The fourth-order valence-electron chi connectivity index (χ4n) is 3.57. The lowest BCUT2D eigenvalue weighted by atomic mass is 10.1.